The zero-order valence-electron chi connectivity index (χ0n) is 20.9. The lowest BCUT2D eigenvalue weighted by atomic mass is 9.86. The van der Waals surface area contributed by atoms with Crippen molar-refractivity contribution in [3.05, 3.63) is 125 Å². The van der Waals surface area contributed by atoms with Crippen LogP contribution in [0.5, 0.6) is 0 Å². The number of amides is 1. The van der Waals surface area contributed by atoms with E-state index >= 15 is 0 Å². The minimum atomic E-state index is -3.88. The SMILES string of the molecule is CC(C)(C)c1ccc(C(=O)c2cccc(NC(=O)c3ccccc3NS(=O)(=O)c3ccccc3)c2)cc1. The number of anilines is 2. The molecule has 0 saturated carbocycles. The van der Waals surface area contributed by atoms with Crippen LogP contribution in [0.3, 0.4) is 0 Å². The molecule has 0 saturated heterocycles. The number of para-hydroxylation sites is 1. The summed E-state index contributed by atoms with van der Waals surface area (Å²) in [4.78, 5) is 26.3. The van der Waals surface area contributed by atoms with E-state index in [9.17, 15) is 18.0 Å². The van der Waals surface area contributed by atoms with Crippen LogP contribution in [0.15, 0.2) is 108 Å². The van der Waals surface area contributed by atoms with Gasteiger partial charge >= 0.3 is 0 Å². The summed E-state index contributed by atoms with van der Waals surface area (Å²) in [5, 5.41) is 2.77. The van der Waals surface area contributed by atoms with E-state index in [2.05, 4.69) is 30.8 Å². The molecule has 0 atom stereocenters. The lowest BCUT2D eigenvalue weighted by Gasteiger charge is -2.19. The van der Waals surface area contributed by atoms with Crippen molar-refractivity contribution in [3.8, 4) is 0 Å². The predicted molar refractivity (Wildman–Crippen MR) is 147 cm³/mol. The molecule has 0 aromatic heterocycles. The van der Waals surface area contributed by atoms with Gasteiger partial charge in [-0.15, -0.1) is 0 Å². The van der Waals surface area contributed by atoms with Gasteiger partial charge in [0, 0.05) is 16.8 Å². The first-order chi connectivity index (χ1) is 17.5. The summed E-state index contributed by atoms with van der Waals surface area (Å²) in [6.07, 6.45) is 0. The van der Waals surface area contributed by atoms with E-state index in [1.54, 1.807) is 54.6 Å². The summed E-state index contributed by atoms with van der Waals surface area (Å²) in [6, 6.07) is 28.5. The summed E-state index contributed by atoms with van der Waals surface area (Å²) < 4.78 is 28.1. The van der Waals surface area contributed by atoms with E-state index in [1.165, 1.54) is 24.3 Å². The highest BCUT2D eigenvalue weighted by molar-refractivity contribution is 7.92. The smallest absolute Gasteiger partial charge is 0.261 e. The van der Waals surface area contributed by atoms with Gasteiger partial charge in [-0.25, -0.2) is 8.42 Å². The van der Waals surface area contributed by atoms with Gasteiger partial charge in [0.05, 0.1) is 16.1 Å². The second-order valence-electron chi connectivity index (χ2n) is 9.66. The Balaban J connectivity index is 1.54. The van der Waals surface area contributed by atoms with E-state index in [-0.39, 0.29) is 27.3 Å². The molecule has 0 radical (unpaired) electrons. The molecular formula is C30H28N2O4S. The van der Waals surface area contributed by atoms with Crippen LogP contribution in [0.25, 0.3) is 0 Å². The number of nitrogens with one attached hydrogen (secondary N) is 2. The number of rotatable bonds is 7. The zero-order valence-corrected chi connectivity index (χ0v) is 21.7. The van der Waals surface area contributed by atoms with Crippen molar-refractivity contribution in [3.63, 3.8) is 0 Å². The van der Waals surface area contributed by atoms with Crippen molar-refractivity contribution in [1.29, 1.82) is 0 Å². The molecule has 4 aromatic rings. The number of carbonyl (C=O) groups excluding carboxylic acids is 2. The van der Waals surface area contributed by atoms with Gasteiger partial charge in [-0.2, -0.15) is 0 Å². The average molecular weight is 513 g/mol. The Morgan fingerprint density at radius 2 is 1.35 bits per heavy atom. The Morgan fingerprint density at radius 3 is 2.03 bits per heavy atom. The van der Waals surface area contributed by atoms with E-state index < -0.39 is 15.9 Å². The van der Waals surface area contributed by atoms with Gasteiger partial charge < -0.3 is 5.32 Å². The molecular weight excluding hydrogens is 484 g/mol. The van der Waals surface area contributed by atoms with Crippen molar-refractivity contribution in [2.75, 3.05) is 10.0 Å². The van der Waals surface area contributed by atoms with Crippen molar-refractivity contribution in [2.24, 2.45) is 0 Å². The van der Waals surface area contributed by atoms with Crippen LogP contribution >= 0.6 is 0 Å². The lowest BCUT2D eigenvalue weighted by molar-refractivity contribution is 0.102. The van der Waals surface area contributed by atoms with Gasteiger partial charge in [0.2, 0.25) is 0 Å². The topological polar surface area (TPSA) is 92.3 Å². The molecule has 0 unspecified atom stereocenters. The van der Waals surface area contributed by atoms with Crippen LogP contribution in [-0.2, 0) is 15.4 Å². The molecule has 0 aliphatic carbocycles. The van der Waals surface area contributed by atoms with E-state index in [0.717, 1.165) is 5.56 Å². The third kappa shape index (κ3) is 6.13. The summed E-state index contributed by atoms with van der Waals surface area (Å²) in [7, 11) is -3.88. The second kappa shape index (κ2) is 10.4. The van der Waals surface area contributed by atoms with Crippen LogP contribution in [0.1, 0.15) is 52.6 Å². The number of sulfonamides is 1. The molecule has 0 fully saturated rings. The zero-order chi connectivity index (χ0) is 26.6. The number of ketones is 1. The molecule has 7 heteroatoms. The molecule has 6 nitrogen and oxygen atoms in total. The minimum absolute atomic E-state index is 0.0165. The maximum atomic E-state index is 13.1. The number of benzene rings is 4. The summed E-state index contributed by atoms with van der Waals surface area (Å²) in [6.45, 7) is 6.34. The molecule has 0 bridgehead atoms. The molecule has 0 heterocycles. The van der Waals surface area contributed by atoms with Gasteiger partial charge in [-0.3, -0.25) is 14.3 Å². The first-order valence-corrected chi connectivity index (χ1v) is 13.3. The molecule has 2 N–H and O–H groups in total. The number of hydrogen-bond acceptors (Lipinski definition) is 4. The number of hydrogen-bond donors (Lipinski definition) is 2. The minimum Gasteiger partial charge on any atom is -0.322 e. The molecule has 188 valence electrons. The predicted octanol–water partition coefficient (Wildman–Crippen LogP) is 6.27. The molecule has 4 rings (SSSR count). The molecule has 0 aliphatic heterocycles. The van der Waals surface area contributed by atoms with Crippen LogP contribution in [0, 0.1) is 0 Å². The fourth-order valence-corrected chi connectivity index (χ4v) is 4.90. The Labute approximate surface area is 217 Å². The Bertz CT molecular complexity index is 1540. The lowest BCUT2D eigenvalue weighted by Crippen LogP contribution is -2.18. The standard InChI is InChI=1S/C30H28N2O4S/c1-30(2,3)23-18-16-21(17-19-23)28(33)22-10-9-11-24(20-22)31-29(34)26-14-7-8-15-27(26)32-37(35,36)25-12-5-4-6-13-25/h4-20,32H,1-3H3,(H,31,34). The summed E-state index contributed by atoms with van der Waals surface area (Å²) >= 11 is 0. The van der Waals surface area contributed by atoms with Gasteiger partial charge in [0.25, 0.3) is 15.9 Å². The van der Waals surface area contributed by atoms with E-state index in [0.29, 0.717) is 16.8 Å². The van der Waals surface area contributed by atoms with Gasteiger partial charge in [-0.1, -0.05) is 87.5 Å². The van der Waals surface area contributed by atoms with Crippen LogP contribution in [0.2, 0.25) is 0 Å². The fraction of sp³-hybridized carbons (Fsp3) is 0.133. The second-order valence-corrected chi connectivity index (χ2v) is 11.3. The quantitative estimate of drug-likeness (QED) is 0.286. The third-order valence-corrected chi connectivity index (χ3v) is 7.25. The molecule has 0 spiro atoms. The highest BCUT2D eigenvalue weighted by atomic mass is 32.2. The first-order valence-electron chi connectivity index (χ1n) is 11.8. The molecule has 4 aromatic carbocycles. The van der Waals surface area contributed by atoms with Crippen molar-refractivity contribution in [2.45, 2.75) is 31.1 Å². The van der Waals surface area contributed by atoms with Crippen LogP contribution < -0.4 is 10.0 Å². The Hall–Kier alpha value is -4.23. The highest BCUT2D eigenvalue weighted by Gasteiger charge is 2.19. The summed E-state index contributed by atoms with van der Waals surface area (Å²) in [5.41, 5.74) is 2.81. The number of carbonyl (C=O) groups is 2. The molecule has 37 heavy (non-hydrogen) atoms. The van der Waals surface area contributed by atoms with E-state index in [4.69, 9.17) is 0 Å². The van der Waals surface area contributed by atoms with Crippen molar-refractivity contribution in [1.82, 2.24) is 0 Å². The average Bonchev–Trinajstić information content (AvgIpc) is 2.88. The third-order valence-electron chi connectivity index (χ3n) is 5.87. The molecule has 1 amide bonds. The van der Waals surface area contributed by atoms with Crippen molar-refractivity contribution >= 4 is 33.1 Å². The van der Waals surface area contributed by atoms with Crippen LogP contribution in [0.4, 0.5) is 11.4 Å². The summed E-state index contributed by atoms with van der Waals surface area (Å²) in [5.74, 6) is -0.668. The Morgan fingerprint density at radius 1 is 0.703 bits per heavy atom. The monoisotopic (exact) mass is 512 g/mol. The highest BCUT2D eigenvalue weighted by Crippen LogP contribution is 2.24. The largest absolute Gasteiger partial charge is 0.322 e. The fourth-order valence-electron chi connectivity index (χ4n) is 3.80. The molecule has 0 aliphatic rings. The van der Waals surface area contributed by atoms with Gasteiger partial charge in [0.15, 0.2) is 5.78 Å². The first kappa shape index (κ1) is 25.9. The van der Waals surface area contributed by atoms with Gasteiger partial charge in [-0.05, 0) is 47.4 Å². The maximum Gasteiger partial charge on any atom is 0.261 e. The van der Waals surface area contributed by atoms with Crippen LogP contribution in [-0.4, -0.2) is 20.1 Å². The van der Waals surface area contributed by atoms with E-state index in [1.807, 2.05) is 24.3 Å². The van der Waals surface area contributed by atoms with Crippen molar-refractivity contribution < 1.29 is 18.0 Å². The maximum absolute atomic E-state index is 13.1. The normalized spacial score (nSPS) is 11.5. The Kier molecular flexibility index (Phi) is 7.27. The van der Waals surface area contributed by atoms with Gasteiger partial charge in [0.1, 0.15) is 0 Å².